The number of nitrogens with one attached hydrogen (secondary N) is 2. The Hall–Kier alpha value is -3.64. The van der Waals surface area contributed by atoms with E-state index in [-0.39, 0.29) is 18.5 Å². The molecule has 3 aromatic carbocycles. The SMILES string of the molecule is CCOC(=O)Nc1ccc2c(c1)N(C(=O)CNC(C)c1ccccc1)c1ccccc1CC2. The van der Waals surface area contributed by atoms with Crippen molar-refractivity contribution < 1.29 is 14.3 Å². The van der Waals surface area contributed by atoms with E-state index in [9.17, 15) is 9.59 Å². The third kappa shape index (κ3) is 5.23. The van der Waals surface area contributed by atoms with Crippen LogP contribution in [0.5, 0.6) is 0 Å². The van der Waals surface area contributed by atoms with Crippen molar-refractivity contribution in [2.24, 2.45) is 0 Å². The normalized spacial score (nSPS) is 13.3. The first kappa shape index (κ1) is 22.6. The van der Waals surface area contributed by atoms with Crippen LogP contribution in [0.25, 0.3) is 0 Å². The molecular weight excluding hydrogens is 414 g/mol. The summed E-state index contributed by atoms with van der Waals surface area (Å²) in [5.41, 5.74) is 5.57. The van der Waals surface area contributed by atoms with Crippen molar-refractivity contribution in [3.05, 3.63) is 89.5 Å². The lowest BCUT2D eigenvalue weighted by Crippen LogP contribution is -2.36. The zero-order valence-electron chi connectivity index (χ0n) is 19.0. The molecule has 6 nitrogen and oxygen atoms in total. The number of hydrogen-bond acceptors (Lipinski definition) is 4. The molecule has 33 heavy (non-hydrogen) atoms. The van der Waals surface area contributed by atoms with Gasteiger partial charge in [-0.3, -0.25) is 15.0 Å². The van der Waals surface area contributed by atoms with Gasteiger partial charge in [-0.25, -0.2) is 4.79 Å². The number of ether oxygens (including phenoxy) is 1. The predicted octanol–water partition coefficient (Wildman–Crippen LogP) is 5.37. The van der Waals surface area contributed by atoms with Gasteiger partial charge in [-0.1, -0.05) is 54.6 Å². The molecule has 0 radical (unpaired) electrons. The molecule has 1 unspecified atom stereocenters. The molecule has 0 aliphatic carbocycles. The Balaban J connectivity index is 1.64. The van der Waals surface area contributed by atoms with Crippen LogP contribution in [0.15, 0.2) is 72.8 Å². The van der Waals surface area contributed by atoms with Gasteiger partial charge in [0.25, 0.3) is 0 Å². The number of nitrogens with zero attached hydrogens (tertiary/aromatic N) is 1. The summed E-state index contributed by atoms with van der Waals surface area (Å²) in [6, 6.07) is 23.8. The zero-order valence-corrected chi connectivity index (χ0v) is 19.0. The smallest absolute Gasteiger partial charge is 0.411 e. The summed E-state index contributed by atoms with van der Waals surface area (Å²) in [5.74, 6) is -0.0540. The number of anilines is 3. The van der Waals surface area contributed by atoms with Crippen LogP contribution in [-0.2, 0) is 22.4 Å². The molecule has 1 aliphatic heterocycles. The summed E-state index contributed by atoms with van der Waals surface area (Å²) in [6.07, 6.45) is 1.14. The molecule has 1 heterocycles. The van der Waals surface area contributed by atoms with Crippen molar-refractivity contribution in [2.75, 3.05) is 23.4 Å². The number of rotatable bonds is 6. The lowest BCUT2D eigenvalue weighted by Gasteiger charge is -2.26. The molecule has 1 atom stereocenters. The second-order valence-corrected chi connectivity index (χ2v) is 8.06. The molecule has 170 valence electrons. The second kappa shape index (κ2) is 10.3. The standard InChI is InChI=1S/C27H29N3O3/c1-3-33-27(32)29-23-16-15-22-14-13-21-11-7-8-12-24(21)30(25(22)17-23)26(31)18-28-19(2)20-9-5-4-6-10-20/h4-12,15-17,19,28H,3,13-14,18H2,1-2H3,(H,29,32). The average Bonchev–Trinajstić information content (AvgIpc) is 2.99. The second-order valence-electron chi connectivity index (χ2n) is 8.06. The minimum absolute atomic E-state index is 0.0358. The maximum Gasteiger partial charge on any atom is 0.411 e. The number of aryl methyl sites for hydroxylation is 2. The molecule has 0 spiro atoms. The quantitative estimate of drug-likeness (QED) is 0.537. The van der Waals surface area contributed by atoms with E-state index in [1.807, 2.05) is 73.7 Å². The first-order valence-electron chi connectivity index (χ1n) is 11.3. The van der Waals surface area contributed by atoms with Crippen LogP contribution in [0.3, 0.4) is 0 Å². The van der Waals surface area contributed by atoms with Crippen LogP contribution in [0.1, 0.15) is 36.6 Å². The Morgan fingerprint density at radius 3 is 2.39 bits per heavy atom. The molecule has 0 aromatic heterocycles. The summed E-state index contributed by atoms with van der Waals surface area (Å²) >= 11 is 0. The van der Waals surface area contributed by atoms with Gasteiger partial charge in [0.05, 0.1) is 24.5 Å². The van der Waals surface area contributed by atoms with Crippen LogP contribution in [0.4, 0.5) is 21.9 Å². The van der Waals surface area contributed by atoms with E-state index in [1.54, 1.807) is 11.8 Å². The van der Waals surface area contributed by atoms with Crippen LogP contribution < -0.4 is 15.5 Å². The van der Waals surface area contributed by atoms with Gasteiger partial charge in [0, 0.05) is 11.7 Å². The van der Waals surface area contributed by atoms with Crippen molar-refractivity contribution >= 4 is 29.1 Å². The number of para-hydroxylation sites is 1. The van der Waals surface area contributed by atoms with Crippen molar-refractivity contribution in [1.29, 1.82) is 0 Å². The summed E-state index contributed by atoms with van der Waals surface area (Å²) in [4.78, 5) is 27.3. The number of amides is 2. The van der Waals surface area contributed by atoms with E-state index in [4.69, 9.17) is 4.74 Å². The molecule has 2 amide bonds. The van der Waals surface area contributed by atoms with Crippen molar-refractivity contribution in [2.45, 2.75) is 32.7 Å². The highest BCUT2D eigenvalue weighted by Gasteiger charge is 2.26. The number of carbonyl (C=O) groups excluding carboxylic acids is 2. The van der Waals surface area contributed by atoms with Crippen molar-refractivity contribution in [1.82, 2.24) is 5.32 Å². The topological polar surface area (TPSA) is 70.7 Å². The van der Waals surface area contributed by atoms with Gasteiger partial charge < -0.3 is 10.1 Å². The Morgan fingerprint density at radius 1 is 0.939 bits per heavy atom. The number of hydrogen-bond donors (Lipinski definition) is 2. The van der Waals surface area contributed by atoms with Crippen LogP contribution in [-0.4, -0.2) is 25.2 Å². The molecule has 0 saturated carbocycles. The fraction of sp³-hybridized carbons (Fsp3) is 0.259. The van der Waals surface area contributed by atoms with Gasteiger partial charge in [-0.05, 0) is 61.6 Å². The van der Waals surface area contributed by atoms with Crippen LogP contribution >= 0.6 is 0 Å². The van der Waals surface area contributed by atoms with Gasteiger partial charge >= 0.3 is 6.09 Å². The Bertz CT molecular complexity index is 1130. The van der Waals surface area contributed by atoms with E-state index in [0.29, 0.717) is 12.3 Å². The molecule has 0 fully saturated rings. The summed E-state index contributed by atoms with van der Waals surface area (Å²) in [5, 5.41) is 6.11. The fourth-order valence-corrected chi connectivity index (χ4v) is 4.13. The van der Waals surface area contributed by atoms with E-state index < -0.39 is 6.09 Å². The summed E-state index contributed by atoms with van der Waals surface area (Å²) in [6.45, 7) is 4.28. The first-order chi connectivity index (χ1) is 16.1. The fourth-order valence-electron chi connectivity index (χ4n) is 4.13. The van der Waals surface area contributed by atoms with Gasteiger partial charge in [0.1, 0.15) is 0 Å². The molecule has 0 saturated heterocycles. The largest absolute Gasteiger partial charge is 0.450 e. The molecular formula is C27H29N3O3. The third-order valence-corrected chi connectivity index (χ3v) is 5.85. The molecule has 6 heteroatoms. The summed E-state index contributed by atoms with van der Waals surface area (Å²) < 4.78 is 5.01. The summed E-state index contributed by atoms with van der Waals surface area (Å²) in [7, 11) is 0. The highest BCUT2D eigenvalue weighted by Crippen LogP contribution is 2.37. The van der Waals surface area contributed by atoms with Crippen molar-refractivity contribution in [3.63, 3.8) is 0 Å². The minimum atomic E-state index is -0.511. The number of benzene rings is 3. The van der Waals surface area contributed by atoms with Crippen LogP contribution in [0.2, 0.25) is 0 Å². The molecule has 4 rings (SSSR count). The molecule has 0 bridgehead atoms. The van der Waals surface area contributed by atoms with Crippen LogP contribution in [0, 0.1) is 0 Å². The zero-order chi connectivity index (χ0) is 23.2. The Morgan fingerprint density at radius 2 is 1.64 bits per heavy atom. The Labute approximate surface area is 194 Å². The number of carbonyl (C=O) groups is 2. The monoisotopic (exact) mass is 443 g/mol. The lowest BCUT2D eigenvalue weighted by atomic mass is 10.0. The van der Waals surface area contributed by atoms with E-state index in [2.05, 4.69) is 16.7 Å². The van der Waals surface area contributed by atoms with Crippen molar-refractivity contribution in [3.8, 4) is 0 Å². The average molecular weight is 444 g/mol. The molecule has 3 aromatic rings. The molecule has 1 aliphatic rings. The van der Waals surface area contributed by atoms with Gasteiger partial charge in [-0.2, -0.15) is 0 Å². The highest BCUT2D eigenvalue weighted by atomic mass is 16.5. The van der Waals surface area contributed by atoms with Gasteiger partial charge in [0.2, 0.25) is 5.91 Å². The van der Waals surface area contributed by atoms with E-state index in [0.717, 1.165) is 40.9 Å². The molecule has 2 N–H and O–H groups in total. The minimum Gasteiger partial charge on any atom is -0.450 e. The van der Waals surface area contributed by atoms with E-state index in [1.165, 1.54) is 0 Å². The Kier molecular flexibility index (Phi) is 7.05. The maximum absolute atomic E-state index is 13.6. The first-order valence-corrected chi connectivity index (χ1v) is 11.3. The lowest BCUT2D eigenvalue weighted by molar-refractivity contribution is -0.117. The third-order valence-electron chi connectivity index (χ3n) is 5.85. The predicted molar refractivity (Wildman–Crippen MR) is 131 cm³/mol. The van der Waals surface area contributed by atoms with Gasteiger partial charge in [0.15, 0.2) is 0 Å². The highest BCUT2D eigenvalue weighted by molar-refractivity contribution is 6.04. The maximum atomic E-state index is 13.6. The van der Waals surface area contributed by atoms with Gasteiger partial charge in [-0.15, -0.1) is 0 Å². The number of fused-ring (bicyclic) bond motifs is 2. The van der Waals surface area contributed by atoms with E-state index >= 15 is 0 Å².